The number of nitrogens with zero attached hydrogens (tertiary/aromatic N) is 4. The van der Waals surface area contributed by atoms with Crippen molar-refractivity contribution in [3.63, 3.8) is 0 Å². The van der Waals surface area contributed by atoms with Gasteiger partial charge in [0, 0.05) is 25.1 Å². The molecule has 1 aliphatic heterocycles. The average Bonchev–Trinajstić information content (AvgIpc) is 2.91. The van der Waals surface area contributed by atoms with Gasteiger partial charge in [-0.25, -0.2) is 4.39 Å². The second kappa shape index (κ2) is 6.10. The first kappa shape index (κ1) is 15.6. The van der Waals surface area contributed by atoms with Crippen molar-refractivity contribution in [1.29, 1.82) is 0 Å². The standard InChI is InChI=1S/C17H21FN4O/c1-11(2)8-15-19-20-16-10-21(6-7-22(15)16)17(23)13-5-4-12(3)14(18)9-13/h4-5,9,11H,6-8,10H2,1-3H3. The Kier molecular flexibility index (Phi) is 4.15. The third kappa shape index (κ3) is 3.11. The molecule has 2 heterocycles. The van der Waals surface area contributed by atoms with Gasteiger partial charge >= 0.3 is 0 Å². The number of halogens is 1. The molecule has 0 fully saturated rings. The van der Waals surface area contributed by atoms with E-state index in [9.17, 15) is 9.18 Å². The zero-order valence-corrected chi connectivity index (χ0v) is 13.7. The van der Waals surface area contributed by atoms with Crippen LogP contribution in [-0.4, -0.2) is 32.1 Å². The number of benzene rings is 1. The van der Waals surface area contributed by atoms with E-state index in [4.69, 9.17) is 0 Å². The van der Waals surface area contributed by atoms with Crippen LogP contribution in [-0.2, 0) is 19.5 Å². The molecule has 0 aliphatic carbocycles. The summed E-state index contributed by atoms with van der Waals surface area (Å²) in [5.74, 6) is 1.77. The number of rotatable bonds is 3. The summed E-state index contributed by atoms with van der Waals surface area (Å²) < 4.78 is 15.8. The van der Waals surface area contributed by atoms with Crippen LogP contribution in [0.1, 0.15) is 41.4 Å². The highest BCUT2D eigenvalue weighted by Gasteiger charge is 2.25. The predicted molar refractivity (Wildman–Crippen MR) is 84.4 cm³/mol. The molecule has 0 saturated heterocycles. The predicted octanol–water partition coefficient (Wildman–Crippen LogP) is 2.58. The Morgan fingerprint density at radius 2 is 2.09 bits per heavy atom. The Balaban J connectivity index is 1.77. The summed E-state index contributed by atoms with van der Waals surface area (Å²) in [6.07, 6.45) is 0.879. The van der Waals surface area contributed by atoms with Gasteiger partial charge in [0.05, 0.1) is 6.54 Å². The highest BCUT2D eigenvalue weighted by Crippen LogP contribution is 2.18. The van der Waals surface area contributed by atoms with Gasteiger partial charge in [-0.3, -0.25) is 4.79 Å². The van der Waals surface area contributed by atoms with Crippen LogP contribution in [0, 0.1) is 18.7 Å². The summed E-state index contributed by atoms with van der Waals surface area (Å²) in [5, 5.41) is 8.46. The second-order valence-corrected chi connectivity index (χ2v) is 6.47. The summed E-state index contributed by atoms with van der Waals surface area (Å²) in [6, 6.07) is 4.61. The fourth-order valence-electron chi connectivity index (χ4n) is 2.82. The van der Waals surface area contributed by atoms with Gasteiger partial charge in [-0.05, 0) is 30.5 Å². The van der Waals surface area contributed by atoms with Gasteiger partial charge in [0.2, 0.25) is 0 Å². The molecule has 23 heavy (non-hydrogen) atoms. The Morgan fingerprint density at radius 1 is 1.30 bits per heavy atom. The molecular weight excluding hydrogens is 295 g/mol. The van der Waals surface area contributed by atoms with Crippen LogP contribution >= 0.6 is 0 Å². The Bertz CT molecular complexity index is 738. The molecule has 0 saturated carbocycles. The molecule has 0 N–H and O–H groups in total. The van der Waals surface area contributed by atoms with Gasteiger partial charge in [-0.1, -0.05) is 19.9 Å². The van der Waals surface area contributed by atoms with E-state index >= 15 is 0 Å². The van der Waals surface area contributed by atoms with E-state index in [0.717, 1.165) is 18.1 Å². The number of fused-ring (bicyclic) bond motifs is 1. The van der Waals surface area contributed by atoms with Crippen LogP contribution in [0.3, 0.4) is 0 Å². The number of carbonyl (C=O) groups excluding carboxylic acids is 1. The van der Waals surface area contributed by atoms with E-state index < -0.39 is 0 Å². The van der Waals surface area contributed by atoms with Gasteiger partial charge < -0.3 is 9.47 Å². The quantitative estimate of drug-likeness (QED) is 0.874. The maximum absolute atomic E-state index is 13.7. The molecule has 2 aromatic rings. The normalized spacial score (nSPS) is 14.2. The summed E-state index contributed by atoms with van der Waals surface area (Å²) in [7, 11) is 0. The molecule has 0 radical (unpaired) electrons. The van der Waals surface area contributed by atoms with Crippen molar-refractivity contribution in [1.82, 2.24) is 19.7 Å². The van der Waals surface area contributed by atoms with E-state index in [1.807, 2.05) is 0 Å². The summed E-state index contributed by atoms with van der Waals surface area (Å²) in [6.45, 7) is 7.66. The third-order valence-corrected chi connectivity index (χ3v) is 4.13. The fraction of sp³-hybridized carbons (Fsp3) is 0.471. The van der Waals surface area contributed by atoms with Crippen molar-refractivity contribution >= 4 is 5.91 Å². The summed E-state index contributed by atoms with van der Waals surface area (Å²) in [5.41, 5.74) is 0.918. The lowest BCUT2D eigenvalue weighted by Crippen LogP contribution is -2.39. The highest BCUT2D eigenvalue weighted by atomic mass is 19.1. The topological polar surface area (TPSA) is 51.0 Å². The molecule has 1 aliphatic rings. The zero-order valence-electron chi connectivity index (χ0n) is 13.7. The SMILES string of the molecule is Cc1ccc(C(=O)N2CCn3c(CC(C)C)nnc3C2)cc1F. The molecule has 1 aromatic carbocycles. The minimum Gasteiger partial charge on any atom is -0.329 e. The van der Waals surface area contributed by atoms with Crippen molar-refractivity contribution in [2.24, 2.45) is 5.92 Å². The van der Waals surface area contributed by atoms with Gasteiger partial charge in [0.15, 0.2) is 5.82 Å². The van der Waals surface area contributed by atoms with Gasteiger partial charge in [-0.15, -0.1) is 10.2 Å². The molecule has 5 nitrogen and oxygen atoms in total. The smallest absolute Gasteiger partial charge is 0.254 e. The lowest BCUT2D eigenvalue weighted by atomic mass is 10.1. The Hall–Kier alpha value is -2.24. The molecule has 0 bridgehead atoms. The van der Waals surface area contributed by atoms with Crippen LogP contribution in [0.4, 0.5) is 4.39 Å². The van der Waals surface area contributed by atoms with E-state index in [1.54, 1.807) is 24.0 Å². The van der Waals surface area contributed by atoms with E-state index in [1.165, 1.54) is 6.07 Å². The number of carbonyl (C=O) groups is 1. The third-order valence-electron chi connectivity index (χ3n) is 4.13. The number of hydrogen-bond donors (Lipinski definition) is 0. The summed E-state index contributed by atoms with van der Waals surface area (Å²) >= 11 is 0. The molecule has 0 atom stereocenters. The number of aryl methyl sites for hydroxylation is 1. The molecule has 1 amide bonds. The number of aromatic nitrogens is 3. The second-order valence-electron chi connectivity index (χ2n) is 6.47. The minimum atomic E-state index is -0.352. The monoisotopic (exact) mass is 316 g/mol. The molecular formula is C17H21FN4O. The molecule has 3 rings (SSSR count). The van der Waals surface area contributed by atoms with Gasteiger partial charge in [0.25, 0.3) is 5.91 Å². The first-order valence-electron chi connectivity index (χ1n) is 7.92. The lowest BCUT2D eigenvalue weighted by Gasteiger charge is -2.28. The van der Waals surface area contributed by atoms with Gasteiger partial charge in [0.1, 0.15) is 11.6 Å². The highest BCUT2D eigenvalue weighted by molar-refractivity contribution is 5.94. The lowest BCUT2D eigenvalue weighted by molar-refractivity contribution is 0.0705. The van der Waals surface area contributed by atoms with Crippen molar-refractivity contribution in [2.45, 2.75) is 40.3 Å². The van der Waals surface area contributed by atoms with E-state index in [0.29, 0.717) is 36.7 Å². The van der Waals surface area contributed by atoms with Crippen molar-refractivity contribution in [3.8, 4) is 0 Å². The molecule has 0 spiro atoms. The fourth-order valence-corrected chi connectivity index (χ4v) is 2.82. The largest absolute Gasteiger partial charge is 0.329 e. The van der Waals surface area contributed by atoms with Crippen LogP contribution in [0.25, 0.3) is 0 Å². The number of amides is 1. The molecule has 1 aromatic heterocycles. The van der Waals surface area contributed by atoms with Crippen molar-refractivity contribution in [2.75, 3.05) is 6.54 Å². The summed E-state index contributed by atoms with van der Waals surface area (Å²) in [4.78, 5) is 14.3. The van der Waals surface area contributed by atoms with Crippen LogP contribution in [0.2, 0.25) is 0 Å². The maximum atomic E-state index is 13.7. The van der Waals surface area contributed by atoms with Crippen LogP contribution in [0.5, 0.6) is 0 Å². The molecule has 0 unspecified atom stereocenters. The van der Waals surface area contributed by atoms with Crippen molar-refractivity contribution in [3.05, 3.63) is 46.8 Å². The first-order chi connectivity index (χ1) is 11.0. The number of hydrogen-bond acceptors (Lipinski definition) is 3. The maximum Gasteiger partial charge on any atom is 0.254 e. The Labute approximate surface area is 135 Å². The van der Waals surface area contributed by atoms with Crippen LogP contribution < -0.4 is 0 Å². The van der Waals surface area contributed by atoms with E-state index in [2.05, 4.69) is 28.6 Å². The van der Waals surface area contributed by atoms with E-state index in [-0.39, 0.29) is 11.7 Å². The minimum absolute atomic E-state index is 0.163. The molecule has 6 heteroatoms. The average molecular weight is 316 g/mol. The van der Waals surface area contributed by atoms with Crippen molar-refractivity contribution < 1.29 is 9.18 Å². The Morgan fingerprint density at radius 3 is 2.78 bits per heavy atom. The molecule has 122 valence electrons. The first-order valence-corrected chi connectivity index (χ1v) is 7.92. The van der Waals surface area contributed by atoms with Crippen LogP contribution in [0.15, 0.2) is 18.2 Å². The zero-order chi connectivity index (χ0) is 16.6. The van der Waals surface area contributed by atoms with Gasteiger partial charge in [-0.2, -0.15) is 0 Å².